The van der Waals surface area contributed by atoms with Crippen molar-refractivity contribution in [2.24, 2.45) is 17.8 Å². The molecule has 3 aromatic carbocycles. The lowest BCUT2D eigenvalue weighted by Gasteiger charge is -2.31. The number of hydrogen-bond donors (Lipinski definition) is 3. The number of rotatable bonds is 11. The molecule has 0 radical (unpaired) electrons. The van der Waals surface area contributed by atoms with Gasteiger partial charge in [0.15, 0.2) is 0 Å². The van der Waals surface area contributed by atoms with Crippen LogP contribution < -0.4 is 15.1 Å². The first-order chi connectivity index (χ1) is 22.7. The Kier molecular flexibility index (Phi) is 9.68. The highest BCUT2D eigenvalue weighted by Crippen LogP contribution is 2.50. The molecule has 244 valence electrons. The van der Waals surface area contributed by atoms with Crippen LogP contribution in [0.4, 0.5) is 5.69 Å². The lowest BCUT2D eigenvalue weighted by Crippen LogP contribution is -2.36. The number of fused-ring (bicyclic) bond motifs is 3. The molecular formula is C38H42BNO7. The minimum absolute atomic E-state index is 0.205. The molecule has 0 spiro atoms. The van der Waals surface area contributed by atoms with E-state index in [9.17, 15) is 24.7 Å². The third-order valence-electron chi connectivity index (χ3n) is 9.77. The van der Waals surface area contributed by atoms with E-state index in [1.165, 1.54) is 16.5 Å². The van der Waals surface area contributed by atoms with Gasteiger partial charge in [0.25, 0.3) is 0 Å². The number of para-hydroxylation sites is 1. The number of phenolic OH excluding ortho intramolecular Hbond substituents is 1. The van der Waals surface area contributed by atoms with Crippen molar-refractivity contribution in [3.05, 3.63) is 100 Å². The molecule has 2 heterocycles. The third-order valence-corrected chi connectivity index (χ3v) is 9.77. The average Bonchev–Trinajstić information content (AvgIpc) is 3.59. The van der Waals surface area contributed by atoms with Crippen molar-refractivity contribution in [1.82, 2.24) is 0 Å². The Morgan fingerprint density at radius 2 is 1.72 bits per heavy atom. The minimum Gasteiger partial charge on any atom is -0.507 e. The number of anilines is 1. The van der Waals surface area contributed by atoms with Crippen LogP contribution >= 0.6 is 0 Å². The van der Waals surface area contributed by atoms with Crippen LogP contribution in [0, 0.1) is 31.6 Å². The lowest BCUT2D eigenvalue weighted by atomic mass is 9.69. The minimum atomic E-state index is -1.71. The Morgan fingerprint density at radius 1 is 0.979 bits per heavy atom. The van der Waals surface area contributed by atoms with Gasteiger partial charge in [-0.1, -0.05) is 55.3 Å². The zero-order valence-corrected chi connectivity index (χ0v) is 27.2. The quantitative estimate of drug-likeness (QED) is 0.150. The van der Waals surface area contributed by atoms with E-state index >= 15 is 0 Å². The van der Waals surface area contributed by atoms with Crippen molar-refractivity contribution in [3.8, 4) is 11.5 Å². The number of imide groups is 1. The number of allylic oxidation sites excluding steroid dienone is 1. The van der Waals surface area contributed by atoms with Crippen molar-refractivity contribution < 1.29 is 34.2 Å². The number of amides is 2. The van der Waals surface area contributed by atoms with Crippen LogP contribution in [0.15, 0.2) is 83.4 Å². The van der Waals surface area contributed by atoms with Gasteiger partial charge in [0, 0.05) is 5.92 Å². The second-order valence-corrected chi connectivity index (χ2v) is 13.0. The highest BCUT2D eigenvalue weighted by atomic mass is 16.5. The molecule has 0 unspecified atom stereocenters. The molecule has 2 aliphatic heterocycles. The molecule has 0 aromatic heterocycles. The van der Waals surface area contributed by atoms with Gasteiger partial charge in [-0.15, -0.1) is 0 Å². The summed E-state index contributed by atoms with van der Waals surface area (Å²) in [5, 5.41) is 29.7. The normalized spacial score (nSPS) is 22.5. The average molecular weight is 636 g/mol. The van der Waals surface area contributed by atoms with Crippen LogP contribution in [-0.2, 0) is 14.3 Å². The van der Waals surface area contributed by atoms with Crippen LogP contribution in [-0.4, -0.2) is 53.4 Å². The number of ether oxygens (including phenoxy) is 2. The summed E-state index contributed by atoms with van der Waals surface area (Å²) in [5.74, 6) is -0.846. The van der Waals surface area contributed by atoms with E-state index in [-0.39, 0.29) is 29.3 Å². The smallest absolute Gasteiger partial charge is 0.488 e. The molecule has 0 bridgehead atoms. The molecule has 3 N–H and O–H groups in total. The molecule has 2 saturated heterocycles. The zero-order valence-electron chi connectivity index (χ0n) is 27.2. The number of aromatic hydroxyl groups is 1. The Morgan fingerprint density at radius 3 is 2.43 bits per heavy atom. The van der Waals surface area contributed by atoms with Gasteiger partial charge in [-0.25, -0.2) is 0 Å². The fraction of sp³-hybridized carbons (Fsp3) is 0.368. The summed E-state index contributed by atoms with van der Waals surface area (Å²) in [7, 11) is -1.71. The topological polar surface area (TPSA) is 117 Å². The summed E-state index contributed by atoms with van der Waals surface area (Å²) in [4.78, 5) is 29.2. The molecule has 8 nitrogen and oxygen atoms in total. The van der Waals surface area contributed by atoms with Gasteiger partial charge in [-0.3, -0.25) is 14.5 Å². The fourth-order valence-electron chi connectivity index (χ4n) is 7.59. The van der Waals surface area contributed by atoms with Crippen molar-refractivity contribution in [1.29, 1.82) is 0 Å². The molecular weight excluding hydrogens is 593 g/mol. The van der Waals surface area contributed by atoms with Crippen molar-refractivity contribution >= 4 is 36.2 Å². The van der Waals surface area contributed by atoms with Crippen LogP contribution in [0.25, 0.3) is 6.08 Å². The zero-order chi connectivity index (χ0) is 33.2. The SMILES string of the molecule is CCC/C(=C\c1cc(C)c(O)c(C)c1)CC[C@H]1OC[C@H]2C1=C(COc1ccccc1)C[C@H]1C(=O)N(c3cccc(B(O)O)c3)C(=O)[C@H]12. The van der Waals surface area contributed by atoms with Gasteiger partial charge < -0.3 is 24.6 Å². The molecule has 3 aliphatic rings. The second-order valence-electron chi connectivity index (χ2n) is 13.0. The van der Waals surface area contributed by atoms with Gasteiger partial charge in [0.1, 0.15) is 18.1 Å². The predicted molar refractivity (Wildman–Crippen MR) is 182 cm³/mol. The largest absolute Gasteiger partial charge is 0.507 e. The molecule has 3 aromatic rings. The van der Waals surface area contributed by atoms with Gasteiger partial charge in [-0.2, -0.15) is 0 Å². The predicted octanol–water partition coefficient (Wildman–Crippen LogP) is 5.25. The van der Waals surface area contributed by atoms with E-state index in [1.54, 1.807) is 18.2 Å². The molecule has 0 saturated carbocycles. The molecule has 1 aliphatic carbocycles. The van der Waals surface area contributed by atoms with E-state index < -0.39 is 19.0 Å². The van der Waals surface area contributed by atoms with Crippen molar-refractivity contribution in [2.75, 3.05) is 18.1 Å². The van der Waals surface area contributed by atoms with Crippen LogP contribution in [0.3, 0.4) is 0 Å². The Bertz CT molecular complexity index is 1690. The second kappa shape index (κ2) is 13.9. The number of aryl methyl sites for hydroxylation is 2. The maximum atomic E-state index is 14.0. The first-order valence-corrected chi connectivity index (χ1v) is 16.5. The molecule has 9 heteroatoms. The van der Waals surface area contributed by atoms with E-state index in [0.717, 1.165) is 59.3 Å². The highest BCUT2D eigenvalue weighted by molar-refractivity contribution is 6.58. The van der Waals surface area contributed by atoms with Gasteiger partial charge in [0.05, 0.1) is 30.2 Å². The Hall–Kier alpha value is -4.18. The van der Waals surface area contributed by atoms with Crippen LogP contribution in [0.1, 0.15) is 55.7 Å². The Balaban J connectivity index is 1.29. The number of carbonyl (C=O) groups is 2. The highest BCUT2D eigenvalue weighted by Gasteiger charge is 2.57. The Labute approximate surface area is 276 Å². The maximum absolute atomic E-state index is 14.0. The number of nitrogens with zero attached hydrogens (tertiary/aromatic N) is 1. The fourth-order valence-corrected chi connectivity index (χ4v) is 7.59. The van der Waals surface area contributed by atoms with Gasteiger partial charge in [0.2, 0.25) is 11.8 Å². The van der Waals surface area contributed by atoms with E-state index in [0.29, 0.717) is 31.1 Å². The number of benzene rings is 3. The molecule has 6 rings (SSSR count). The van der Waals surface area contributed by atoms with Crippen LogP contribution in [0.5, 0.6) is 11.5 Å². The number of phenols is 1. The summed E-state index contributed by atoms with van der Waals surface area (Å²) in [6.45, 7) is 6.64. The number of hydrogen-bond acceptors (Lipinski definition) is 7. The van der Waals surface area contributed by atoms with Gasteiger partial charge in [-0.05, 0) is 109 Å². The molecule has 47 heavy (non-hydrogen) atoms. The van der Waals surface area contributed by atoms with Gasteiger partial charge >= 0.3 is 7.12 Å². The summed E-state index contributed by atoms with van der Waals surface area (Å²) in [6, 6.07) is 19.9. The molecule has 4 atom stereocenters. The standard InChI is InChI=1S/C38H42BNO7/c1-4-9-25(18-26-16-23(2)36(41)24(3)17-26)14-15-33-34-27(21-46-30-12-6-5-7-13-30)19-31-35(32(34)22-47-33)38(43)40(37(31)42)29-11-8-10-28(20-29)39(44)45/h5-8,10-13,16-18,20,31-33,35,41,44-45H,4,9,14-15,19,21-22H2,1-3H3/b25-18+/t31-,32+,33-,35-/m1/s1. The first-order valence-electron chi connectivity index (χ1n) is 16.5. The van der Waals surface area contributed by atoms with Crippen LogP contribution in [0.2, 0.25) is 0 Å². The first kappa shape index (κ1) is 32.8. The summed E-state index contributed by atoms with van der Waals surface area (Å²) >= 11 is 0. The summed E-state index contributed by atoms with van der Waals surface area (Å²) < 4.78 is 12.7. The van der Waals surface area contributed by atoms with Crippen molar-refractivity contribution in [3.63, 3.8) is 0 Å². The van der Waals surface area contributed by atoms with E-state index in [2.05, 4.69) is 13.0 Å². The van der Waals surface area contributed by atoms with E-state index in [4.69, 9.17) is 9.47 Å². The molecule has 2 fully saturated rings. The monoisotopic (exact) mass is 635 g/mol. The van der Waals surface area contributed by atoms with Crippen molar-refractivity contribution in [2.45, 2.75) is 59.0 Å². The number of carbonyl (C=O) groups excluding carboxylic acids is 2. The molecule has 2 amide bonds. The van der Waals surface area contributed by atoms with E-state index in [1.807, 2.05) is 56.3 Å². The summed E-state index contributed by atoms with van der Waals surface area (Å²) in [6.07, 6.45) is 5.90. The lowest BCUT2D eigenvalue weighted by molar-refractivity contribution is -0.122. The third kappa shape index (κ3) is 6.66. The maximum Gasteiger partial charge on any atom is 0.488 e. The summed E-state index contributed by atoms with van der Waals surface area (Å²) in [5.41, 5.74) is 6.71.